The summed E-state index contributed by atoms with van der Waals surface area (Å²) < 4.78 is 11.0. The van der Waals surface area contributed by atoms with Crippen LogP contribution in [0.25, 0.3) is 0 Å². The highest BCUT2D eigenvalue weighted by molar-refractivity contribution is 14.0. The number of amides is 2. The molecule has 2 aliphatic rings. The second-order valence-corrected chi connectivity index (χ2v) is 8.35. The molecular weight excluding hydrogens is 501 g/mol. The molecule has 10 heteroatoms. The monoisotopic (exact) mass is 539 g/mol. The third-order valence-electron chi connectivity index (χ3n) is 5.01. The van der Waals surface area contributed by atoms with E-state index in [2.05, 4.69) is 15.2 Å². The molecule has 1 atom stereocenters. The first-order valence-electron chi connectivity index (χ1n) is 10.6. The van der Waals surface area contributed by atoms with Crippen LogP contribution < -0.4 is 5.32 Å². The van der Waals surface area contributed by atoms with Crippen molar-refractivity contribution in [3.63, 3.8) is 0 Å². The van der Waals surface area contributed by atoms with Gasteiger partial charge in [0.1, 0.15) is 11.7 Å². The van der Waals surface area contributed by atoms with Crippen LogP contribution in [0, 0.1) is 0 Å². The van der Waals surface area contributed by atoms with Crippen LogP contribution >= 0.6 is 24.0 Å². The van der Waals surface area contributed by atoms with Crippen molar-refractivity contribution in [2.75, 3.05) is 59.5 Å². The molecule has 2 saturated heterocycles. The molecule has 0 aromatic rings. The van der Waals surface area contributed by atoms with Gasteiger partial charge in [-0.05, 0) is 40.5 Å². The predicted molar refractivity (Wildman–Crippen MR) is 127 cm³/mol. The van der Waals surface area contributed by atoms with Crippen LogP contribution in [0.1, 0.15) is 40.5 Å². The first-order valence-corrected chi connectivity index (χ1v) is 10.6. The van der Waals surface area contributed by atoms with Crippen LogP contribution in [0.15, 0.2) is 4.99 Å². The number of nitrogens with zero attached hydrogens (tertiary/aromatic N) is 4. The lowest BCUT2D eigenvalue weighted by Crippen LogP contribution is -2.55. The van der Waals surface area contributed by atoms with Gasteiger partial charge in [0.05, 0.1) is 0 Å². The van der Waals surface area contributed by atoms with Gasteiger partial charge >= 0.3 is 6.09 Å². The lowest BCUT2D eigenvalue weighted by molar-refractivity contribution is -0.142. The molecule has 0 saturated carbocycles. The number of ether oxygens (including phenoxy) is 2. The highest BCUT2D eigenvalue weighted by atomic mass is 127. The number of likely N-dealkylation sites (N-methyl/N-ethyl adjacent to an activating group) is 1. The second kappa shape index (κ2) is 12.5. The molecule has 1 unspecified atom stereocenters. The number of piperazine rings is 1. The van der Waals surface area contributed by atoms with Crippen LogP contribution in [-0.4, -0.2) is 104 Å². The van der Waals surface area contributed by atoms with Crippen LogP contribution in [0.3, 0.4) is 0 Å². The molecule has 2 aliphatic heterocycles. The van der Waals surface area contributed by atoms with Gasteiger partial charge in [-0.3, -0.25) is 9.79 Å². The maximum atomic E-state index is 12.5. The molecule has 0 spiro atoms. The Bertz CT molecular complexity index is 582. The Morgan fingerprint density at radius 2 is 1.83 bits per heavy atom. The number of halogens is 1. The fourth-order valence-corrected chi connectivity index (χ4v) is 3.45. The van der Waals surface area contributed by atoms with Crippen LogP contribution in [0.2, 0.25) is 0 Å². The Morgan fingerprint density at radius 3 is 2.33 bits per heavy atom. The van der Waals surface area contributed by atoms with E-state index in [4.69, 9.17) is 9.47 Å². The number of carbonyl (C=O) groups is 2. The zero-order chi connectivity index (χ0) is 21.4. The van der Waals surface area contributed by atoms with E-state index >= 15 is 0 Å². The number of hydrogen-bond donors (Lipinski definition) is 1. The van der Waals surface area contributed by atoms with Crippen LogP contribution in [0.4, 0.5) is 4.79 Å². The van der Waals surface area contributed by atoms with Gasteiger partial charge in [-0.25, -0.2) is 4.79 Å². The fourth-order valence-electron chi connectivity index (χ4n) is 3.45. The van der Waals surface area contributed by atoms with Gasteiger partial charge < -0.3 is 29.5 Å². The molecule has 2 rings (SSSR count). The minimum Gasteiger partial charge on any atom is -0.444 e. The third kappa shape index (κ3) is 8.09. The first kappa shape index (κ1) is 26.7. The van der Waals surface area contributed by atoms with Crippen molar-refractivity contribution in [1.82, 2.24) is 20.0 Å². The molecule has 2 amide bonds. The summed E-state index contributed by atoms with van der Waals surface area (Å²) in [7, 11) is 1.75. The summed E-state index contributed by atoms with van der Waals surface area (Å²) in [5.41, 5.74) is -0.505. The molecule has 1 N–H and O–H groups in total. The Labute approximate surface area is 197 Å². The topological polar surface area (TPSA) is 86.7 Å². The lowest BCUT2D eigenvalue weighted by Gasteiger charge is -2.37. The summed E-state index contributed by atoms with van der Waals surface area (Å²) in [5, 5.41) is 3.32. The molecule has 2 heterocycles. The van der Waals surface area contributed by atoms with E-state index in [1.165, 1.54) is 0 Å². The Balaban J connectivity index is 0.00000450. The van der Waals surface area contributed by atoms with Gasteiger partial charge in [0, 0.05) is 59.5 Å². The van der Waals surface area contributed by atoms with Gasteiger partial charge in [0.15, 0.2) is 5.96 Å². The van der Waals surface area contributed by atoms with Crippen molar-refractivity contribution < 1.29 is 19.1 Å². The highest BCUT2D eigenvalue weighted by Gasteiger charge is 2.31. The van der Waals surface area contributed by atoms with Crippen molar-refractivity contribution in [1.29, 1.82) is 0 Å². The first-order chi connectivity index (χ1) is 13.7. The van der Waals surface area contributed by atoms with Gasteiger partial charge in [-0.2, -0.15) is 0 Å². The average molecular weight is 539 g/mol. The van der Waals surface area contributed by atoms with E-state index in [9.17, 15) is 9.59 Å². The van der Waals surface area contributed by atoms with E-state index in [0.29, 0.717) is 39.3 Å². The smallest absolute Gasteiger partial charge is 0.410 e. The number of hydrogen-bond acceptors (Lipinski definition) is 5. The fraction of sp³-hybridized carbons (Fsp3) is 0.850. The molecule has 0 aromatic carbocycles. The highest BCUT2D eigenvalue weighted by Crippen LogP contribution is 2.16. The number of guanidine groups is 1. The lowest BCUT2D eigenvalue weighted by atomic mass is 10.2. The summed E-state index contributed by atoms with van der Waals surface area (Å²) in [6.07, 6.45) is 1.23. The molecule has 0 aromatic heterocycles. The number of rotatable bonds is 5. The summed E-state index contributed by atoms with van der Waals surface area (Å²) >= 11 is 0. The van der Waals surface area contributed by atoms with Crippen molar-refractivity contribution in [2.24, 2.45) is 4.99 Å². The van der Waals surface area contributed by atoms with E-state index < -0.39 is 5.60 Å². The Morgan fingerprint density at radius 1 is 1.20 bits per heavy atom. The summed E-state index contributed by atoms with van der Waals surface area (Å²) in [6.45, 7) is 12.7. The molecular formula is C20H38IN5O4. The van der Waals surface area contributed by atoms with Gasteiger partial charge in [-0.15, -0.1) is 24.0 Å². The normalized spacial score (nSPS) is 19.9. The molecule has 0 radical (unpaired) electrons. The molecule has 30 heavy (non-hydrogen) atoms. The van der Waals surface area contributed by atoms with Crippen LogP contribution in [-0.2, 0) is 14.3 Å². The standard InChI is InChI=1S/C20H37N5O4.HI/c1-6-23(19(27)29-20(2,3)4)10-9-22-18(21-5)25-13-11-24(12-14-25)17(26)16-8-7-15-28-16;/h16H,6-15H2,1-5H3,(H,21,22);1H. The van der Waals surface area contributed by atoms with Gasteiger partial charge in [0.2, 0.25) is 0 Å². The van der Waals surface area contributed by atoms with Crippen molar-refractivity contribution in [3.8, 4) is 0 Å². The predicted octanol–water partition coefficient (Wildman–Crippen LogP) is 1.76. The molecule has 9 nitrogen and oxygen atoms in total. The zero-order valence-corrected chi connectivity index (χ0v) is 21.3. The molecule has 2 fully saturated rings. The largest absolute Gasteiger partial charge is 0.444 e. The average Bonchev–Trinajstić information content (AvgIpc) is 3.21. The van der Waals surface area contributed by atoms with Crippen molar-refractivity contribution in [2.45, 2.75) is 52.2 Å². The minimum atomic E-state index is -0.505. The Hall–Kier alpha value is -1.30. The summed E-state index contributed by atoms with van der Waals surface area (Å²) in [4.78, 5) is 34.8. The number of aliphatic imine (C=N–C) groups is 1. The van der Waals surface area contributed by atoms with E-state index in [1.807, 2.05) is 32.6 Å². The number of nitrogens with one attached hydrogen (secondary N) is 1. The SMILES string of the molecule is CCN(CCNC(=NC)N1CCN(C(=O)C2CCCO2)CC1)C(=O)OC(C)(C)C.I. The van der Waals surface area contributed by atoms with E-state index in [0.717, 1.165) is 31.9 Å². The summed E-state index contributed by atoms with van der Waals surface area (Å²) in [6, 6.07) is 0. The maximum Gasteiger partial charge on any atom is 0.410 e. The quantitative estimate of drug-likeness (QED) is 0.326. The minimum absolute atomic E-state index is 0. The van der Waals surface area contributed by atoms with Crippen molar-refractivity contribution >= 4 is 41.9 Å². The summed E-state index contributed by atoms with van der Waals surface area (Å²) in [5.74, 6) is 0.899. The maximum absolute atomic E-state index is 12.5. The molecule has 0 aliphatic carbocycles. The zero-order valence-electron chi connectivity index (χ0n) is 19.0. The van der Waals surface area contributed by atoms with E-state index in [-0.39, 0.29) is 42.1 Å². The third-order valence-corrected chi connectivity index (χ3v) is 5.01. The second-order valence-electron chi connectivity index (χ2n) is 8.35. The number of carbonyl (C=O) groups excluding carboxylic acids is 2. The van der Waals surface area contributed by atoms with E-state index in [1.54, 1.807) is 11.9 Å². The molecule has 0 bridgehead atoms. The van der Waals surface area contributed by atoms with Crippen molar-refractivity contribution in [3.05, 3.63) is 0 Å². The Kier molecular flexibility index (Phi) is 11.2. The van der Waals surface area contributed by atoms with Crippen LogP contribution in [0.5, 0.6) is 0 Å². The van der Waals surface area contributed by atoms with Gasteiger partial charge in [-0.1, -0.05) is 0 Å². The molecule has 174 valence electrons. The van der Waals surface area contributed by atoms with Gasteiger partial charge in [0.25, 0.3) is 5.91 Å².